The molecule has 1 aliphatic rings. The Balaban J connectivity index is 2.45. The van der Waals surface area contributed by atoms with Crippen LogP contribution < -0.4 is 5.46 Å². The summed E-state index contributed by atoms with van der Waals surface area (Å²) in [5, 5.41) is 0. The van der Waals surface area contributed by atoms with Crippen molar-refractivity contribution in [1.82, 2.24) is 0 Å². The fraction of sp³-hybridized carbons (Fsp3) is 0.385. The normalized spacial score (nSPS) is 16.0. The van der Waals surface area contributed by atoms with E-state index in [4.69, 9.17) is 0 Å². The van der Waals surface area contributed by atoms with Gasteiger partial charge in [0.2, 0.25) is 0 Å². The van der Waals surface area contributed by atoms with Crippen molar-refractivity contribution in [3.63, 3.8) is 0 Å². The van der Waals surface area contributed by atoms with Crippen LogP contribution in [-0.2, 0) is 0 Å². The first kappa shape index (κ1) is 10.5. The van der Waals surface area contributed by atoms with E-state index in [0.29, 0.717) is 0 Å². The first-order valence-corrected chi connectivity index (χ1v) is 5.60. The van der Waals surface area contributed by atoms with E-state index in [-0.39, 0.29) is 5.82 Å². The Morgan fingerprint density at radius 3 is 2.80 bits per heavy atom. The Kier molecular flexibility index (Phi) is 3.25. The van der Waals surface area contributed by atoms with Crippen LogP contribution in [0.2, 0.25) is 6.82 Å². The molecule has 0 amide bonds. The smallest absolute Gasteiger partial charge is 0.149 e. The van der Waals surface area contributed by atoms with Gasteiger partial charge in [-0.15, -0.1) is 0 Å². The molecule has 0 atom stereocenters. The average molecular weight is 201 g/mol. The molecular weight excluding hydrogens is 186 g/mol. The summed E-state index contributed by atoms with van der Waals surface area (Å²) in [6.07, 6.45) is 6.72. The van der Waals surface area contributed by atoms with Crippen LogP contribution in [0.5, 0.6) is 0 Å². The molecule has 0 fully saturated rings. The Bertz CT molecular complexity index is 382. The van der Waals surface area contributed by atoms with Crippen LogP contribution in [0.4, 0.5) is 4.39 Å². The largest absolute Gasteiger partial charge is 0.206 e. The highest BCUT2D eigenvalue weighted by Gasteiger charge is 2.13. The SMILES string of the molecule is C[B]c1cccc(F)c1C1=CCCCC1. The van der Waals surface area contributed by atoms with Crippen LogP contribution in [0.3, 0.4) is 0 Å². The molecule has 0 aliphatic heterocycles. The van der Waals surface area contributed by atoms with Crippen LogP contribution in [0.25, 0.3) is 5.57 Å². The molecule has 0 N–H and O–H groups in total. The summed E-state index contributed by atoms with van der Waals surface area (Å²) in [7, 11) is 1.98. The quantitative estimate of drug-likeness (QED) is 0.644. The Labute approximate surface area is 91.4 Å². The fourth-order valence-electron chi connectivity index (χ4n) is 2.19. The molecule has 0 aromatic heterocycles. The lowest BCUT2D eigenvalue weighted by Gasteiger charge is -2.16. The van der Waals surface area contributed by atoms with Gasteiger partial charge >= 0.3 is 0 Å². The predicted octanol–water partition coefficient (Wildman–Crippen LogP) is 3.16. The first-order chi connectivity index (χ1) is 7.33. The van der Waals surface area contributed by atoms with Crippen molar-refractivity contribution in [1.29, 1.82) is 0 Å². The van der Waals surface area contributed by atoms with Crippen molar-refractivity contribution in [2.45, 2.75) is 32.5 Å². The zero-order chi connectivity index (χ0) is 10.7. The number of hydrogen-bond donors (Lipinski definition) is 0. The van der Waals surface area contributed by atoms with E-state index >= 15 is 0 Å². The Morgan fingerprint density at radius 2 is 2.13 bits per heavy atom. The molecule has 0 heterocycles. The summed E-state index contributed by atoms with van der Waals surface area (Å²) in [4.78, 5) is 0. The van der Waals surface area contributed by atoms with Crippen LogP contribution >= 0.6 is 0 Å². The van der Waals surface area contributed by atoms with E-state index in [0.717, 1.165) is 23.9 Å². The molecule has 2 heteroatoms. The maximum atomic E-state index is 13.8. The zero-order valence-corrected chi connectivity index (χ0v) is 9.09. The van der Waals surface area contributed by atoms with Crippen LogP contribution in [0.1, 0.15) is 31.2 Å². The second kappa shape index (κ2) is 4.65. The molecule has 1 radical (unpaired) electrons. The maximum absolute atomic E-state index is 13.8. The second-order valence-electron chi connectivity index (χ2n) is 3.97. The zero-order valence-electron chi connectivity index (χ0n) is 9.09. The van der Waals surface area contributed by atoms with Gasteiger partial charge in [-0.25, -0.2) is 4.39 Å². The van der Waals surface area contributed by atoms with Crippen molar-refractivity contribution in [3.8, 4) is 0 Å². The van der Waals surface area contributed by atoms with Gasteiger partial charge in [0.05, 0.1) is 0 Å². The number of allylic oxidation sites excluding steroid dienone is 2. The minimum Gasteiger partial charge on any atom is -0.206 e. The van der Waals surface area contributed by atoms with E-state index in [2.05, 4.69) is 6.08 Å². The molecule has 0 spiro atoms. The molecule has 0 nitrogen and oxygen atoms in total. The summed E-state index contributed by atoms with van der Waals surface area (Å²) >= 11 is 0. The lowest BCUT2D eigenvalue weighted by atomic mass is 9.69. The lowest BCUT2D eigenvalue weighted by Crippen LogP contribution is -2.18. The van der Waals surface area contributed by atoms with Gasteiger partial charge in [0.15, 0.2) is 0 Å². The van der Waals surface area contributed by atoms with E-state index in [1.807, 2.05) is 20.2 Å². The highest BCUT2D eigenvalue weighted by molar-refractivity contribution is 6.53. The molecule has 0 unspecified atom stereocenters. The molecule has 0 saturated carbocycles. The highest BCUT2D eigenvalue weighted by Crippen LogP contribution is 2.27. The number of rotatable bonds is 2. The van der Waals surface area contributed by atoms with Crippen molar-refractivity contribution in [2.75, 3.05) is 0 Å². The van der Waals surface area contributed by atoms with Crippen molar-refractivity contribution >= 4 is 18.3 Å². The van der Waals surface area contributed by atoms with Gasteiger partial charge < -0.3 is 0 Å². The molecule has 0 bridgehead atoms. The summed E-state index contributed by atoms with van der Waals surface area (Å²) in [5.74, 6) is -0.0845. The van der Waals surface area contributed by atoms with Gasteiger partial charge in [0.1, 0.15) is 13.1 Å². The summed E-state index contributed by atoms with van der Waals surface area (Å²) < 4.78 is 13.8. The van der Waals surface area contributed by atoms with Gasteiger partial charge in [0, 0.05) is 5.56 Å². The molecule has 0 saturated heterocycles. The van der Waals surface area contributed by atoms with E-state index < -0.39 is 0 Å². The van der Waals surface area contributed by atoms with Crippen molar-refractivity contribution < 1.29 is 4.39 Å². The van der Waals surface area contributed by atoms with Gasteiger partial charge in [-0.3, -0.25) is 0 Å². The van der Waals surface area contributed by atoms with Crippen LogP contribution in [-0.4, -0.2) is 7.28 Å². The molecule has 15 heavy (non-hydrogen) atoms. The molecular formula is C13H15BF. The van der Waals surface area contributed by atoms with Crippen molar-refractivity contribution in [3.05, 3.63) is 35.7 Å². The number of hydrogen-bond acceptors (Lipinski definition) is 0. The average Bonchev–Trinajstić information content (AvgIpc) is 2.29. The van der Waals surface area contributed by atoms with Crippen LogP contribution in [0.15, 0.2) is 24.3 Å². The van der Waals surface area contributed by atoms with Gasteiger partial charge in [-0.2, -0.15) is 0 Å². The molecule has 77 valence electrons. The molecule has 1 aliphatic carbocycles. The van der Waals surface area contributed by atoms with E-state index in [9.17, 15) is 4.39 Å². The number of benzene rings is 1. The maximum Gasteiger partial charge on any atom is 0.149 e. The standard InChI is InChI=1S/C13H15BF/c1-14-11-8-5-9-12(15)13(11)10-6-3-2-4-7-10/h5-6,8-9H,2-4,7H2,1H3. The second-order valence-corrected chi connectivity index (χ2v) is 3.97. The molecule has 2 rings (SSSR count). The molecule has 1 aromatic carbocycles. The van der Waals surface area contributed by atoms with E-state index in [1.165, 1.54) is 18.4 Å². The Morgan fingerprint density at radius 1 is 1.27 bits per heavy atom. The minimum absolute atomic E-state index is 0.0845. The van der Waals surface area contributed by atoms with Gasteiger partial charge in [0.25, 0.3) is 0 Å². The molecule has 1 aromatic rings. The van der Waals surface area contributed by atoms with Gasteiger partial charge in [-0.05, 0) is 37.3 Å². The third kappa shape index (κ3) is 2.14. The first-order valence-electron chi connectivity index (χ1n) is 5.60. The van der Waals surface area contributed by atoms with Gasteiger partial charge in [-0.1, -0.05) is 30.5 Å². The summed E-state index contributed by atoms with van der Waals surface area (Å²) in [6, 6.07) is 5.31. The third-order valence-electron chi connectivity index (χ3n) is 2.97. The fourth-order valence-corrected chi connectivity index (χ4v) is 2.19. The Hall–Kier alpha value is -1.05. The lowest BCUT2D eigenvalue weighted by molar-refractivity contribution is 0.622. The monoisotopic (exact) mass is 201 g/mol. The van der Waals surface area contributed by atoms with Crippen molar-refractivity contribution in [2.24, 2.45) is 0 Å². The predicted molar refractivity (Wildman–Crippen MR) is 64.1 cm³/mol. The summed E-state index contributed by atoms with van der Waals surface area (Å²) in [6.45, 7) is 1.96. The number of halogens is 1. The van der Waals surface area contributed by atoms with E-state index in [1.54, 1.807) is 12.1 Å². The minimum atomic E-state index is -0.0845. The summed E-state index contributed by atoms with van der Waals surface area (Å²) in [5.41, 5.74) is 3.02. The van der Waals surface area contributed by atoms with Crippen LogP contribution in [0, 0.1) is 5.82 Å². The third-order valence-corrected chi connectivity index (χ3v) is 2.97. The topological polar surface area (TPSA) is 0 Å². The highest BCUT2D eigenvalue weighted by atomic mass is 19.1.